The summed E-state index contributed by atoms with van der Waals surface area (Å²) in [7, 11) is 0. The summed E-state index contributed by atoms with van der Waals surface area (Å²) in [4.78, 5) is 0. The summed E-state index contributed by atoms with van der Waals surface area (Å²) in [6.45, 7) is 0.746. The van der Waals surface area contributed by atoms with Crippen LogP contribution in [0.5, 0.6) is 0 Å². The summed E-state index contributed by atoms with van der Waals surface area (Å²) in [6.07, 6.45) is 0. The van der Waals surface area contributed by atoms with Crippen molar-refractivity contribution in [3.8, 4) is 0 Å². The highest BCUT2D eigenvalue weighted by Gasteiger charge is 2.14. The molecule has 0 atom stereocenters. The maximum atomic E-state index is 5.20. The Morgan fingerprint density at radius 3 is 3.00 bits per heavy atom. The molecule has 1 aliphatic rings. The molecule has 3 nitrogen and oxygen atoms in total. The molecule has 0 bridgehead atoms. The smallest absolute Gasteiger partial charge is 0.0884 e. The number of hydrogen-bond donors (Lipinski definition) is 2. The summed E-state index contributed by atoms with van der Waals surface area (Å²) < 4.78 is 0. The van der Waals surface area contributed by atoms with Crippen molar-refractivity contribution in [2.75, 3.05) is 11.9 Å². The standard InChI is InChI=1S/C8H9N3/c9-11-8-5-10-7-4-2-1-3-6(7)8/h1-4,10H,5,9H2. The second-order valence-corrected chi connectivity index (χ2v) is 2.47. The minimum absolute atomic E-state index is 0.746. The van der Waals surface area contributed by atoms with Gasteiger partial charge < -0.3 is 11.2 Å². The van der Waals surface area contributed by atoms with E-state index in [4.69, 9.17) is 5.84 Å². The van der Waals surface area contributed by atoms with Crippen molar-refractivity contribution >= 4 is 11.4 Å². The molecule has 2 rings (SSSR count). The van der Waals surface area contributed by atoms with Gasteiger partial charge in [-0.05, 0) is 6.07 Å². The first-order chi connectivity index (χ1) is 5.42. The van der Waals surface area contributed by atoms with E-state index in [-0.39, 0.29) is 0 Å². The van der Waals surface area contributed by atoms with Gasteiger partial charge >= 0.3 is 0 Å². The number of para-hydroxylation sites is 1. The molecule has 0 saturated carbocycles. The molecular weight excluding hydrogens is 138 g/mol. The van der Waals surface area contributed by atoms with E-state index in [1.807, 2.05) is 24.3 Å². The van der Waals surface area contributed by atoms with Crippen molar-refractivity contribution in [1.82, 2.24) is 0 Å². The molecule has 0 aliphatic carbocycles. The number of nitrogens with zero attached hydrogens (tertiary/aromatic N) is 1. The first kappa shape index (κ1) is 6.22. The maximum Gasteiger partial charge on any atom is 0.0884 e. The average molecular weight is 147 g/mol. The van der Waals surface area contributed by atoms with Crippen LogP contribution in [0.3, 0.4) is 0 Å². The van der Waals surface area contributed by atoms with E-state index in [0.717, 1.165) is 23.5 Å². The molecule has 56 valence electrons. The van der Waals surface area contributed by atoms with Crippen LogP contribution in [0.4, 0.5) is 5.69 Å². The van der Waals surface area contributed by atoms with Gasteiger partial charge in [0.15, 0.2) is 0 Å². The number of benzene rings is 1. The van der Waals surface area contributed by atoms with Crippen LogP contribution in [0.15, 0.2) is 29.4 Å². The van der Waals surface area contributed by atoms with Gasteiger partial charge in [0.1, 0.15) is 0 Å². The molecule has 1 aliphatic heterocycles. The van der Waals surface area contributed by atoms with Crippen LogP contribution in [0, 0.1) is 0 Å². The fourth-order valence-electron chi connectivity index (χ4n) is 1.28. The van der Waals surface area contributed by atoms with Crippen LogP contribution in [-0.2, 0) is 0 Å². The van der Waals surface area contributed by atoms with Gasteiger partial charge in [0.25, 0.3) is 0 Å². The number of hydrogen-bond acceptors (Lipinski definition) is 3. The summed E-state index contributed by atoms with van der Waals surface area (Å²) in [6, 6.07) is 8.01. The fourth-order valence-corrected chi connectivity index (χ4v) is 1.28. The SMILES string of the molecule is NN=C1CNc2ccccc21. The number of anilines is 1. The molecule has 3 N–H and O–H groups in total. The van der Waals surface area contributed by atoms with E-state index in [1.165, 1.54) is 0 Å². The highest BCUT2D eigenvalue weighted by molar-refractivity contribution is 6.11. The van der Waals surface area contributed by atoms with Gasteiger partial charge in [0.2, 0.25) is 0 Å². The Labute approximate surface area is 64.9 Å². The molecule has 0 fully saturated rings. The zero-order valence-corrected chi connectivity index (χ0v) is 6.04. The van der Waals surface area contributed by atoms with E-state index in [9.17, 15) is 0 Å². The summed E-state index contributed by atoms with van der Waals surface area (Å²) in [5.41, 5.74) is 3.17. The number of hydrazone groups is 1. The highest BCUT2D eigenvalue weighted by atomic mass is 15.1. The lowest BCUT2D eigenvalue weighted by Gasteiger charge is -1.94. The molecule has 1 heterocycles. The Hall–Kier alpha value is -1.51. The van der Waals surface area contributed by atoms with Crippen LogP contribution in [0.1, 0.15) is 5.56 Å². The topological polar surface area (TPSA) is 50.4 Å². The molecule has 3 heteroatoms. The van der Waals surface area contributed by atoms with E-state index >= 15 is 0 Å². The van der Waals surface area contributed by atoms with Crippen molar-refractivity contribution < 1.29 is 0 Å². The molecule has 1 aromatic rings. The summed E-state index contributed by atoms with van der Waals surface area (Å²) in [5, 5.41) is 6.87. The third kappa shape index (κ3) is 0.852. The van der Waals surface area contributed by atoms with Crippen molar-refractivity contribution in [2.24, 2.45) is 10.9 Å². The Balaban J connectivity index is 2.55. The zero-order chi connectivity index (χ0) is 7.68. The molecular formula is C8H9N3. The van der Waals surface area contributed by atoms with Gasteiger partial charge in [-0.3, -0.25) is 0 Å². The van der Waals surface area contributed by atoms with Gasteiger partial charge in [-0.25, -0.2) is 0 Å². The molecule has 0 unspecified atom stereocenters. The largest absolute Gasteiger partial charge is 0.379 e. The molecule has 11 heavy (non-hydrogen) atoms. The Morgan fingerprint density at radius 1 is 1.36 bits per heavy atom. The van der Waals surface area contributed by atoms with Crippen LogP contribution in [0.2, 0.25) is 0 Å². The van der Waals surface area contributed by atoms with Gasteiger partial charge in [-0.15, -0.1) is 0 Å². The van der Waals surface area contributed by atoms with Crippen molar-refractivity contribution in [2.45, 2.75) is 0 Å². The lowest BCUT2D eigenvalue weighted by Crippen LogP contribution is -2.06. The Morgan fingerprint density at radius 2 is 2.18 bits per heavy atom. The molecule has 1 aromatic carbocycles. The highest BCUT2D eigenvalue weighted by Crippen LogP contribution is 2.20. The van der Waals surface area contributed by atoms with Crippen LogP contribution in [0.25, 0.3) is 0 Å². The number of rotatable bonds is 0. The summed E-state index contributed by atoms with van der Waals surface area (Å²) >= 11 is 0. The predicted molar refractivity (Wildman–Crippen MR) is 45.7 cm³/mol. The van der Waals surface area contributed by atoms with E-state index < -0.39 is 0 Å². The van der Waals surface area contributed by atoms with Gasteiger partial charge in [0, 0.05) is 11.3 Å². The molecule has 0 spiro atoms. The minimum atomic E-state index is 0.746. The van der Waals surface area contributed by atoms with Gasteiger partial charge in [-0.2, -0.15) is 5.10 Å². The second kappa shape index (κ2) is 2.27. The van der Waals surface area contributed by atoms with Crippen molar-refractivity contribution in [1.29, 1.82) is 0 Å². The normalized spacial score (nSPS) is 18.0. The third-order valence-corrected chi connectivity index (χ3v) is 1.84. The first-order valence-electron chi connectivity index (χ1n) is 3.52. The van der Waals surface area contributed by atoms with Crippen molar-refractivity contribution in [3.05, 3.63) is 29.8 Å². The van der Waals surface area contributed by atoms with E-state index in [2.05, 4.69) is 10.4 Å². The molecule has 0 saturated heterocycles. The number of nitrogens with one attached hydrogen (secondary N) is 1. The number of nitrogens with two attached hydrogens (primary N) is 1. The minimum Gasteiger partial charge on any atom is -0.379 e. The second-order valence-electron chi connectivity index (χ2n) is 2.47. The van der Waals surface area contributed by atoms with Crippen molar-refractivity contribution in [3.63, 3.8) is 0 Å². The Kier molecular flexibility index (Phi) is 1.28. The monoisotopic (exact) mass is 147 g/mol. The molecule has 0 amide bonds. The quantitative estimate of drug-likeness (QED) is 0.420. The first-order valence-corrected chi connectivity index (χ1v) is 3.52. The molecule has 0 aromatic heterocycles. The zero-order valence-electron chi connectivity index (χ0n) is 6.04. The van der Waals surface area contributed by atoms with Gasteiger partial charge in [-0.1, -0.05) is 18.2 Å². The fraction of sp³-hybridized carbons (Fsp3) is 0.125. The average Bonchev–Trinajstić information content (AvgIpc) is 2.47. The Bertz CT molecular complexity index is 304. The lowest BCUT2D eigenvalue weighted by atomic mass is 10.1. The van der Waals surface area contributed by atoms with Crippen LogP contribution >= 0.6 is 0 Å². The van der Waals surface area contributed by atoms with Crippen LogP contribution in [-0.4, -0.2) is 12.3 Å². The summed E-state index contributed by atoms with van der Waals surface area (Å²) in [5.74, 6) is 5.20. The molecule has 0 radical (unpaired) electrons. The number of fused-ring (bicyclic) bond motifs is 1. The maximum absolute atomic E-state index is 5.20. The predicted octanol–water partition coefficient (Wildman–Crippen LogP) is 0.775. The van der Waals surface area contributed by atoms with Crippen LogP contribution < -0.4 is 11.2 Å². The van der Waals surface area contributed by atoms with Gasteiger partial charge in [0.05, 0.1) is 12.3 Å². The van der Waals surface area contributed by atoms with E-state index in [1.54, 1.807) is 0 Å². The third-order valence-electron chi connectivity index (χ3n) is 1.84. The lowest BCUT2D eigenvalue weighted by molar-refractivity contribution is 1.23. The van der Waals surface area contributed by atoms with E-state index in [0.29, 0.717) is 0 Å².